The molecule has 0 fully saturated rings. The predicted molar refractivity (Wildman–Crippen MR) is 143 cm³/mol. The number of carbonyl (C=O) groups excluding carboxylic acids is 1. The van der Waals surface area contributed by atoms with E-state index in [2.05, 4.69) is 15.9 Å². The Morgan fingerprint density at radius 3 is 2.44 bits per heavy atom. The van der Waals surface area contributed by atoms with E-state index in [0.717, 1.165) is 15.7 Å². The van der Waals surface area contributed by atoms with E-state index in [1.807, 2.05) is 59.2 Å². The molecule has 0 spiro atoms. The maximum absolute atomic E-state index is 13.4. The zero-order valence-corrected chi connectivity index (χ0v) is 21.2. The molecule has 2 aromatic heterocycles. The average molecular weight is 544 g/mol. The largest absolute Gasteiger partial charge is 0.506 e. The Labute approximate surface area is 215 Å². The summed E-state index contributed by atoms with van der Waals surface area (Å²) in [5.74, 6) is -0.848. The van der Waals surface area contributed by atoms with Crippen molar-refractivity contribution < 1.29 is 19.1 Å². The van der Waals surface area contributed by atoms with Gasteiger partial charge in [-0.3, -0.25) is 0 Å². The van der Waals surface area contributed by atoms with Gasteiger partial charge in [-0.2, -0.15) is 0 Å². The summed E-state index contributed by atoms with van der Waals surface area (Å²) in [5, 5.41) is 11.7. The molecule has 36 heavy (non-hydrogen) atoms. The first-order chi connectivity index (χ1) is 17.4. The van der Waals surface area contributed by atoms with E-state index in [4.69, 9.17) is 9.15 Å². The molecule has 0 unspecified atom stereocenters. The van der Waals surface area contributed by atoms with Gasteiger partial charge in [0.15, 0.2) is 0 Å². The zero-order valence-electron chi connectivity index (χ0n) is 19.6. The van der Waals surface area contributed by atoms with Gasteiger partial charge in [-0.25, -0.2) is 9.59 Å². The number of para-hydroxylation sites is 1. The molecular weight excluding hydrogens is 522 g/mol. The molecular formula is C29H22BrNO5. The van der Waals surface area contributed by atoms with Gasteiger partial charge in [0.1, 0.15) is 16.9 Å². The summed E-state index contributed by atoms with van der Waals surface area (Å²) < 4.78 is 13.8. The van der Waals surface area contributed by atoms with Gasteiger partial charge >= 0.3 is 11.6 Å². The van der Waals surface area contributed by atoms with Crippen molar-refractivity contribution in [3.63, 3.8) is 0 Å². The number of hydrogen-bond donors (Lipinski definition) is 1. The SMILES string of the molecule is CCOC(=O)c1c(-c2c(O)c3ccccc3oc2=O)c(-c2ccccc2)n(-c2cccc(Br)c2)c1C. The van der Waals surface area contributed by atoms with E-state index in [1.54, 1.807) is 38.1 Å². The molecule has 0 radical (unpaired) electrons. The van der Waals surface area contributed by atoms with Crippen LogP contribution in [0.2, 0.25) is 0 Å². The maximum Gasteiger partial charge on any atom is 0.348 e. The highest BCUT2D eigenvalue weighted by Gasteiger charge is 2.32. The topological polar surface area (TPSA) is 81.7 Å². The smallest absolute Gasteiger partial charge is 0.348 e. The number of carbonyl (C=O) groups is 1. The second kappa shape index (κ2) is 9.51. The molecule has 5 rings (SSSR count). The summed E-state index contributed by atoms with van der Waals surface area (Å²) >= 11 is 3.53. The third-order valence-corrected chi connectivity index (χ3v) is 6.53. The fraction of sp³-hybridized carbons (Fsp3) is 0.103. The standard InChI is InChI=1S/C29H22BrNO5/c1-3-35-28(33)23-17(2)31(20-13-9-12-19(30)16-20)26(18-10-5-4-6-11-18)24(23)25-27(32)21-14-7-8-15-22(21)36-29(25)34/h4-16,32H,3H2,1-2H3. The summed E-state index contributed by atoms with van der Waals surface area (Å²) in [7, 11) is 0. The number of halogens is 1. The monoisotopic (exact) mass is 543 g/mol. The average Bonchev–Trinajstić information content (AvgIpc) is 3.17. The van der Waals surface area contributed by atoms with Crippen LogP contribution in [0.25, 0.3) is 39.0 Å². The third kappa shape index (κ3) is 3.91. The van der Waals surface area contributed by atoms with Crippen LogP contribution in [-0.4, -0.2) is 22.2 Å². The van der Waals surface area contributed by atoms with Crippen LogP contribution < -0.4 is 5.63 Å². The second-order valence-electron chi connectivity index (χ2n) is 8.20. The lowest BCUT2D eigenvalue weighted by atomic mass is 9.96. The maximum atomic E-state index is 13.4. The minimum Gasteiger partial charge on any atom is -0.506 e. The molecule has 0 amide bonds. The fourth-order valence-corrected chi connectivity index (χ4v) is 4.94. The molecule has 0 bridgehead atoms. The molecule has 0 aliphatic heterocycles. The van der Waals surface area contributed by atoms with Gasteiger partial charge in [-0.15, -0.1) is 0 Å². The van der Waals surface area contributed by atoms with Crippen LogP contribution in [0.4, 0.5) is 0 Å². The Bertz CT molecular complexity index is 1670. The van der Waals surface area contributed by atoms with E-state index >= 15 is 0 Å². The van der Waals surface area contributed by atoms with Crippen LogP contribution >= 0.6 is 15.9 Å². The Balaban J connectivity index is 2.00. The molecule has 3 aromatic carbocycles. The number of aromatic nitrogens is 1. The molecule has 0 aliphatic carbocycles. The molecule has 0 saturated carbocycles. The van der Waals surface area contributed by atoms with Gasteiger partial charge in [-0.05, 0) is 49.7 Å². The summed E-state index contributed by atoms with van der Waals surface area (Å²) in [6.07, 6.45) is 0. The van der Waals surface area contributed by atoms with E-state index in [0.29, 0.717) is 16.8 Å². The molecule has 6 nitrogen and oxygen atoms in total. The van der Waals surface area contributed by atoms with Crippen LogP contribution in [0.15, 0.2) is 92.5 Å². The van der Waals surface area contributed by atoms with E-state index in [9.17, 15) is 14.7 Å². The molecule has 180 valence electrons. The van der Waals surface area contributed by atoms with Crippen LogP contribution in [0.5, 0.6) is 5.75 Å². The van der Waals surface area contributed by atoms with Crippen LogP contribution in [0.3, 0.4) is 0 Å². The van der Waals surface area contributed by atoms with Crippen LogP contribution in [-0.2, 0) is 4.74 Å². The Hall–Kier alpha value is -4.10. The first-order valence-electron chi connectivity index (χ1n) is 11.4. The van der Waals surface area contributed by atoms with Gasteiger partial charge in [0.2, 0.25) is 0 Å². The molecule has 5 aromatic rings. The van der Waals surface area contributed by atoms with Gasteiger partial charge in [0.05, 0.1) is 23.3 Å². The van der Waals surface area contributed by atoms with Crippen molar-refractivity contribution in [1.29, 1.82) is 0 Å². The highest BCUT2D eigenvalue weighted by Crippen LogP contribution is 2.44. The lowest BCUT2D eigenvalue weighted by molar-refractivity contribution is 0.0526. The van der Waals surface area contributed by atoms with Crippen molar-refractivity contribution in [2.24, 2.45) is 0 Å². The van der Waals surface area contributed by atoms with Crippen molar-refractivity contribution in [2.45, 2.75) is 13.8 Å². The Kier molecular flexibility index (Phi) is 6.24. The van der Waals surface area contributed by atoms with Gasteiger partial charge < -0.3 is 18.8 Å². The van der Waals surface area contributed by atoms with Crippen molar-refractivity contribution in [1.82, 2.24) is 4.57 Å². The van der Waals surface area contributed by atoms with Crippen molar-refractivity contribution in [2.75, 3.05) is 6.61 Å². The molecule has 0 atom stereocenters. The van der Waals surface area contributed by atoms with Gasteiger partial charge in [0, 0.05) is 21.4 Å². The number of aromatic hydroxyl groups is 1. The first-order valence-corrected chi connectivity index (χ1v) is 12.2. The Morgan fingerprint density at radius 2 is 1.72 bits per heavy atom. The molecule has 1 N–H and O–H groups in total. The first kappa shape index (κ1) is 23.6. The quantitative estimate of drug-likeness (QED) is 0.193. The summed E-state index contributed by atoms with van der Waals surface area (Å²) in [5.41, 5.74) is 2.50. The summed E-state index contributed by atoms with van der Waals surface area (Å²) in [4.78, 5) is 26.8. The highest BCUT2D eigenvalue weighted by atomic mass is 79.9. The van der Waals surface area contributed by atoms with Crippen LogP contribution in [0, 0.1) is 6.92 Å². The number of hydrogen-bond acceptors (Lipinski definition) is 5. The Morgan fingerprint density at radius 1 is 1.00 bits per heavy atom. The van der Waals surface area contributed by atoms with Crippen LogP contribution in [0.1, 0.15) is 23.0 Å². The van der Waals surface area contributed by atoms with E-state index < -0.39 is 11.6 Å². The fourth-order valence-electron chi connectivity index (χ4n) is 4.55. The highest BCUT2D eigenvalue weighted by molar-refractivity contribution is 9.10. The van der Waals surface area contributed by atoms with E-state index in [1.165, 1.54) is 0 Å². The number of rotatable bonds is 5. The predicted octanol–water partition coefficient (Wildman–Crippen LogP) is 6.87. The van der Waals surface area contributed by atoms with Gasteiger partial charge in [0.25, 0.3) is 0 Å². The number of benzene rings is 3. The minimum absolute atomic E-state index is 0.0903. The number of fused-ring (bicyclic) bond motifs is 1. The summed E-state index contributed by atoms with van der Waals surface area (Å²) in [6, 6.07) is 23.8. The van der Waals surface area contributed by atoms with Gasteiger partial charge in [-0.1, -0.05) is 64.5 Å². The second-order valence-corrected chi connectivity index (χ2v) is 9.11. The molecule has 0 saturated heterocycles. The lowest BCUT2D eigenvalue weighted by Crippen LogP contribution is -2.10. The van der Waals surface area contributed by atoms with Crippen molar-refractivity contribution in [3.8, 4) is 33.8 Å². The lowest BCUT2D eigenvalue weighted by Gasteiger charge is -2.14. The summed E-state index contributed by atoms with van der Waals surface area (Å²) in [6.45, 7) is 3.67. The molecule has 0 aliphatic rings. The van der Waals surface area contributed by atoms with Crippen molar-refractivity contribution in [3.05, 3.63) is 105 Å². The molecule has 7 heteroatoms. The number of esters is 1. The number of nitrogens with zero attached hydrogens (tertiary/aromatic N) is 1. The zero-order chi connectivity index (χ0) is 25.4. The molecule has 2 heterocycles. The minimum atomic E-state index is -0.750. The third-order valence-electron chi connectivity index (χ3n) is 6.04. The normalized spacial score (nSPS) is 11.1. The van der Waals surface area contributed by atoms with E-state index in [-0.39, 0.29) is 34.6 Å². The van der Waals surface area contributed by atoms with Crippen molar-refractivity contribution >= 4 is 32.9 Å². The number of ether oxygens (including phenoxy) is 1.